The molecule has 84 valence electrons. The Bertz CT molecular complexity index is 244. The highest BCUT2D eigenvalue weighted by molar-refractivity contribution is 5.08. The van der Waals surface area contributed by atoms with Gasteiger partial charge >= 0.3 is 0 Å². The Morgan fingerprint density at radius 1 is 1.27 bits per heavy atom. The van der Waals surface area contributed by atoms with E-state index in [0.29, 0.717) is 6.10 Å². The lowest BCUT2D eigenvalue weighted by atomic mass is 10.2. The van der Waals surface area contributed by atoms with E-state index in [1.807, 2.05) is 0 Å². The van der Waals surface area contributed by atoms with E-state index < -0.39 is 0 Å². The van der Waals surface area contributed by atoms with E-state index >= 15 is 0 Å². The average molecular weight is 206 g/mol. The summed E-state index contributed by atoms with van der Waals surface area (Å²) in [5.41, 5.74) is 0. The third-order valence-electron chi connectivity index (χ3n) is 2.55. The van der Waals surface area contributed by atoms with E-state index in [-0.39, 0.29) is 6.10 Å². The van der Waals surface area contributed by atoms with Crippen LogP contribution in [0, 0.1) is 11.8 Å². The smallest absolute Gasteiger partial charge is 0.122 e. The zero-order valence-corrected chi connectivity index (χ0v) is 9.96. The van der Waals surface area contributed by atoms with Crippen LogP contribution in [0.3, 0.4) is 0 Å². The van der Waals surface area contributed by atoms with Gasteiger partial charge in [-0.3, -0.25) is 0 Å². The quantitative estimate of drug-likeness (QED) is 0.389. The Morgan fingerprint density at radius 2 is 2.07 bits per heavy atom. The molecule has 0 bridgehead atoms. The molecule has 0 saturated carbocycles. The van der Waals surface area contributed by atoms with E-state index in [1.165, 1.54) is 19.3 Å². The van der Waals surface area contributed by atoms with Crippen molar-refractivity contribution in [2.24, 2.45) is 0 Å². The predicted molar refractivity (Wildman–Crippen MR) is 64.6 cm³/mol. The maximum Gasteiger partial charge on any atom is 0.122 e. The zero-order valence-electron chi connectivity index (χ0n) is 9.96. The van der Waals surface area contributed by atoms with E-state index in [4.69, 9.17) is 4.74 Å². The molecule has 0 aliphatic carbocycles. The first kappa shape index (κ1) is 12.3. The molecule has 1 rings (SSSR count). The molecule has 0 saturated heterocycles. The Hall–Kier alpha value is -0.740. The van der Waals surface area contributed by atoms with Crippen LogP contribution in [0.25, 0.3) is 0 Å². The molecule has 1 heterocycles. The highest BCUT2D eigenvalue weighted by atomic mass is 16.5. The summed E-state index contributed by atoms with van der Waals surface area (Å²) in [6, 6.07) is 0. The molecule has 0 amide bonds. The van der Waals surface area contributed by atoms with Gasteiger partial charge in [-0.2, -0.15) is 0 Å². The van der Waals surface area contributed by atoms with Crippen LogP contribution >= 0.6 is 0 Å². The first-order valence-electron chi connectivity index (χ1n) is 6.11. The molecule has 0 fully saturated rings. The molecule has 2 atom stereocenters. The highest BCUT2D eigenvalue weighted by Gasteiger charge is 2.11. The van der Waals surface area contributed by atoms with Gasteiger partial charge in [0.15, 0.2) is 0 Å². The van der Waals surface area contributed by atoms with Crippen LogP contribution in [-0.4, -0.2) is 12.2 Å². The van der Waals surface area contributed by atoms with Gasteiger partial charge in [0.2, 0.25) is 0 Å². The van der Waals surface area contributed by atoms with E-state index in [1.54, 1.807) is 0 Å². The lowest BCUT2D eigenvalue weighted by molar-refractivity contribution is 0.0373. The molecule has 1 aliphatic rings. The molecule has 15 heavy (non-hydrogen) atoms. The third-order valence-corrected chi connectivity index (χ3v) is 2.55. The fourth-order valence-corrected chi connectivity index (χ4v) is 1.64. The maximum absolute atomic E-state index is 5.78. The molecule has 0 spiro atoms. The third kappa shape index (κ3) is 5.64. The Labute approximate surface area is 93.9 Å². The zero-order chi connectivity index (χ0) is 10.9. The van der Waals surface area contributed by atoms with Gasteiger partial charge in [-0.15, -0.1) is 5.92 Å². The average Bonchev–Trinajstić information content (AvgIpc) is 2.43. The molecule has 1 nitrogen and oxygen atoms in total. The summed E-state index contributed by atoms with van der Waals surface area (Å²) in [6.07, 6.45) is 11.6. The molecule has 0 radical (unpaired) electrons. The van der Waals surface area contributed by atoms with Crippen LogP contribution in [0.1, 0.15) is 52.4 Å². The van der Waals surface area contributed by atoms with Gasteiger partial charge in [-0.05, 0) is 19.8 Å². The van der Waals surface area contributed by atoms with E-state index in [2.05, 4.69) is 37.8 Å². The summed E-state index contributed by atoms with van der Waals surface area (Å²) < 4.78 is 5.78. The largest absolute Gasteiger partial charge is 0.362 e. The van der Waals surface area contributed by atoms with Crippen molar-refractivity contribution in [1.29, 1.82) is 0 Å². The first-order chi connectivity index (χ1) is 7.33. The number of unbranched alkanes of at least 4 members (excludes halogenated alkanes) is 3. The molecule has 1 heteroatoms. The Balaban J connectivity index is 2.26. The SMILES string of the molecule is CCCCCC#C[C@H]1CC=CC[C@@H](C)O1. The Kier molecular flexibility index (Phi) is 6.20. The second-order valence-electron chi connectivity index (χ2n) is 4.16. The maximum atomic E-state index is 5.78. The van der Waals surface area contributed by atoms with Crippen molar-refractivity contribution in [2.45, 2.75) is 64.6 Å². The minimum atomic E-state index is 0.125. The van der Waals surface area contributed by atoms with Crippen LogP contribution in [0.15, 0.2) is 12.2 Å². The van der Waals surface area contributed by atoms with E-state index in [9.17, 15) is 0 Å². The second kappa shape index (κ2) is 7.54. The van der Waals surface area contributed by atoms with Gasteiger partial charge < -0.3 is 4.74 Å². The standard InChI is InChI=1S/C14H22O/c1-3-4-5-6-7-11-14-12-9-8-10-13(2)15-14/h8-9,13-14H,3-6,10,12H2,1-2H3/t13-,14+/m1/s1. The first-order valence-corrected chi connectivity index (χ1v) is 6.11. The summed E-state index contributed by atoms with van der Waals surface area (Å²) in [4.78, 5) is 0. The second-order valence-corrected chi connectivity index (χ2v) is 4.16. The summed E-state index contributed by atoms with van der Waals surface area (Å²) in [7, 11) is 0. The number of rotatable bonds is 3. The summed E-state index contributed by atoms with van der Waals surface area (Å²) in [5.74, 6) is 6.46. The molecule has 0 unspecified atom stereocenters. The van der Waals surface area contributed by atoms with Gasteiger partial charge in [0, 0.05) is 12.8 Å². The number of ether oxygens (including phenoxy) is 1. The highest BCUT2D eigenvalue weighted by Crippen LogP contribution is 2.11. The lowest BCUT2D eigenvalue weighted by Gasteiger charge is -2.13. The minimum absolute atomic E-state index is 0.125. The van der Waals surface area contributed by atoms with Crippen LogP contribution in [0.5, 0.6) is 0 Å². The fraction of sp³-hybridized carbons (Fsp3) is 0.714. The summed E-state index contributed by atoms with van der Waals surface area (Å²) in [6.45, 7) is 4.33. The Morgan fingerprint density at radius 3 is 2.87 bits per heavy atom. The van der Waals surface area contributed by atoms with Crippen LogP contribution in [0.2, 0.25) is 0 Å². The van der Waals surface area contributed by atoms with Crippen molar-refractivity contribution in [1.82, 2.24) is 0 Å². The molecule has 0 aromatic carbocycles. The van der Waals surface area contributed by atoms with E-state index in [0.717, 1.165) is 19.3 Å². The molecular formula is C14H22O. The molecule has 0 N–H and O–H groups in total. The fourth-order valence-electron chi connectivity index (χ4n) is 1.64. The lowest BCUT2D eigenvalue weighted by Crippen LogP contribution is -2.15. The summed E-state index contributed by atoms with van der Waals surface area (Å²) >= 11 is 0. The molecule has 0 aromatic rings. The van der Waals surface area contributed by atoms with Gasteiger partial charge in [0.25, 0.3) is 0 Å². The molecule has 1 aliphatic heterocycles. The number of hydrogen-bond acceptors (Lipinski definition) is 1. The number of hydrogen-bond donors (Lipinski definition) is 0. The van der Waals surface area contributed by atoms with Gasteiger partial charge in [-0.1, -0.05) is 37.8 Å². The van der Waals surface area contributed by atoms with Crippen LogP contribution in [0.4, 0.5) is 0 Å². The van der Waals surface area contributed by atoms with Gasteiger partial charge in [0.05, 0.1) is 6.10 Å². The van der Waals surface area contributed by atoms with Crippen molar-refractivity contribution in [3.05, 3.63) is 12.2 Å². The van der Waals surface area contributed by atoms with Crippen LogP contribution in [-0.2, 0) is 4.74 Å². The molecular weight excluding hydrogens is 184 g/mol. The molecule has 0 aromatic heterocycles. The van der Waals surface area contributed by atoms with Crippen molar-refractivity contribution >= 4 is 0 Å². The van der Waals surface area contributed by atoms with Crippen molar-refractivity contribution in [2.75, 3.05) is 0 Å². The predicted octanol–water partition coefficient (Wildman–Crippen LogP) is 3.69. The van der Waals surface area contributed by atoms with Crippen LogP contribution < -0.4 is 0 Å². The monoisotopic (exact) mass is 206 g/mol. The van der Waals surface area contributed by atoms with Crippen molar-refractivity contribution < 1.29 is 4.74 Å². The van der Waals surface area contributed by atoms with Gasteiger partial charge in [-0.25, -0.2) is 0 Å². The minimum Gasteiger partial charge on any atom is -0.362 e. The normalized spacial score (nSPS) is 25.5. The summed E-state index contributed by atoms with van der Waals surface area (Å²) in [5, 5.41) is 0. The van der Waals surface area contributed by atoms with Gasteiger partial charge in [0.1, 0.15) is 6.10 Å². The van der Waals surface area contributed by atoms with Crippen molar-refractivity contribution in [3.63, 3.8) is 0 Å². The van der Waals surface area contributed by atoms with Crippen molar-refractivity contribution in [3.8, 4) is 11.8 Å². The topological polar surface area (TPSA) is 9.23 Å².